The molecule has 0 radical (unpaired) electrons. The average molecular weight is 388 g/mol. The quantitative estimate of drug-likeness (QED) is 0.712. The molecule has 2 aliphatic heterocycles. The fraction of sp³-hybridized carbons (Fsp3) is 0.636. The van der Waals surface area contributed by atoms with Crippen molar-refractivity contribution in [1.82, 2.24) is 14.7 Å². The lowest BCUT2D eigenvalue weighted by Crippen LogP contribution is -2.36. The molecule has 6 nitrogen and oxygen atoms in total. The van der Waals surface area contributed by atoms with Crippen LogP contribution in [0.2, 0.25) is 0 Å². The number of carbonyl (C=O) groups is 2. The van der Waals surface area contributed by atoms with Gasteiger partial charge in [0.05, 0.1) is 19.1 Å². The summed E-state index contributed by atoms with van der Waals surface area (Å²) in [4.78, 5) is 30.4. The fourth-order valence-electron chi connectivity index (χ4n) is 4.55. The molecule has 0 spiro atoms. The Morgan fingerprint density at radius 1 is 1.04 bits per heavy atom. The number of benzene rings is 1. The van der Waals surface area contributed by atoms with Gasteiger partial charge >= 0.3 is 0 Å². The van der Waals surface area contributed by atoms with E-state index in [1.807, 2.05) is 6.07 Å². The highest BCUT2D eigenvalue weighted by Crippen LogP contribution is 2.41. The number of hydrogen-bond acceptors (Lipinski definition) is 4. The highest BCUT2D eigenvalue weighted by atomic mass is 16.5. The largest absolute Gasteiger partial charge is 0.376 e. The second-order valence-corrected chi connectivity index (χ2v) is 8.49. The summed E-state index contributed by atoms with van der Waals surface area (Å²) in [5.41, 5.74) is 1.32. The first-order valence-corrected chi connectivity index (χ1v) is 10.2. The van der Waals surface area contributed by atoms with Crippen LogP contribution in [0.3, 0.4) is 0 Å². The minimum atomic E-state index is -0.0958. The Bertz CT molecular complexity index is 677. The van der Waals surface area contributed by atoms with Gasteiger partial charge in [0, 0.05) is 59.7 Å². The van der Waals surface area contributed by atoms with Crippen LogP contribution in [0.5, 0.6) is 0 Å². The van der Waals surface area contributed by atoms with Crippen molar-refractivity contribution in [2.24, 2.45) is 11.8 Å². The summed E-state index contributed by atoms with van der Waals surface area (Å²) in [6, 6.07) is 10.8. The number of hydrogen-bond donors (Lipinski definition) is 0. The number of amides is 2. The molecule has 2 fully saturated rings. The number of ether oxygens (including phenoxy) is 1. The summed E-state index contributed by atoms with van der Waals surface area (Å²) in [5.74, 6) is 0.714. The van der Waals surface area contributed by atoms with E-state index in [1.165, 1.54) is 5.56 Å². The van der Waals surface area contributed by atoms with Crippen LogP contribution in [-0.2, 0) is 20.7 Å². The summed E-state index contributed by atoms with van der Waals surface area (Å²) in [6.45, 7) is 2.50. The van der Waals surface area contributed by atoms with E-state index in [2.05, 4.69) is 29.2 Å². The molecule has 2 saturated heterocycles. The van der Waals surface area contributed by atoms with Crippen molar-refractivity contribution in [2.45, 2.75) is 31.4 Å². The van der Waals surface area contributed by atoms with E-state index in [4.69, 9.17) is 4.74 Å². The van der Waals surface area contributed by atoms with Crippen LogP contribution in [0, 0.1) is 11.8 Å². The highest BCUT2D eigenvalue weighted by molar-refractivity contribution is 5.77. The zero-order chi connectivity index (χ0) is 20.3. The van der Waals surface area contributed by atoms with Crippen LogP contribution in [0.4, 0.5) is 0 Å². The third-order valence-electron chi connectivity index (χ3n) is 6.18. The monoisotopic (exact) mass is 387 g/mol. The maximum absolute atomic E-state index is 12.4. The number of carbonyl (C=O) groups excluding carboxylic acids is 2. The van der Waals surface area contributed by atoms with Crippen molar-refractivity contribution in [3.05, 3.63) is 35.9 Å². The van der Waals surface area contributed by atoms with Gasteiger partial charge in [-0.1, -0.05) is 30.3 Å². The molecule has 2 aliphatic rings. The molecule has 0 aromatic heterocycles. The van der Waals surface area contributed by atoms with Gasteiger partial charge in [0.15, 0.2) is 0 Å². The molecular weight excluding hydrogens is 354 g/mol. The minimum Gasteiger partial charge on any atom is -0.376 e. The van der Waals surface area contributed by atoms with E-state index < -0.39 is 0 Å². The number of fused-ring (bicyclic) bond motifs is 1. The number of nitrogens with zero attached hydrogens (tertiary/aromatic N) is 3. The van der Waals surface area contributed by atoms with Gasteiger partial charge in [-0.15, -0.1) is 0 Å². The van der Waals surface area contributed by atoms with Crippen molar-refractivity contribution < 1.29 is 14.3 Å². The molecule has 1 aromatic carbocycles. The molecule has 0 N–H and O–H groups in total. The van der Waals surface area contributed by atoms with Crippen molar-refractivity contribution in [3.63, 3.8) is 0 Å². The number of rotatable bonds is 7. The Morgan fingerprint density at radius 3 is 2.32 bits per heavy atom. The Kier molecular flexibility index (Phi) is 6.73. The van der Waals surface area contributed by atoms with Gasteiger partial charge in [0.25, 0.3) is 0 Å². The van der Waals surface area contributed by atoms with Crippen molar-refractivity contribution in [3.8, 4) is 0 Å². The smallest absolute Gasteiger partial charge is 0.224 e. The van der Waals surface area contributed by atoms with Crippen molar-refractivity contribution >= 4 is 11.8 Å². The SMILES string of the molecule is CN(C)C(=O)C[C@@H]1CN(CCc2ccccc2)[C@@H]2CO[C@@H](CC(=O)N(C)C)[C@H]12. The van der Waals surface area contributed by atoms with E-state index in [1.54, 1.807) is 38.0 Å². The number of likely N-dealkylation sites (tertiary alicyclic amines) is 1. The van der Waals surface area contributed by atoms with E-state index >= 15 is 0 Å². The fourth-order valence-corrected chi connectivity index (χ4v) is 4.55. The third-order valence-corrected chi connectivity index (χ3v) is 6.18. The molecule has 6 heteroatoms. The van der Waals surface area contributed by atoms with Gasteiger partial charge in [-0.05, 0) is 17.9 Å². The topological polar surface area (TPSA) is 53.1 Å². The lowest BCUT2D eigenvalue weighted by molar-refractivity contribution is -0.131. The maximum atomic E-state index is 12.4. The van der Waals surface area contributed by atoms with Crippen LogP contribution in [0.25, 0.3) is 0 Å². The van der Waals surface area contributed by atoms with Gasteiger partial charge in [-0.2, -0.15) is 0 Å². The first-order valence-electron chi connectivity index (χ1n) is 10.2. The van der Waals surface area contributed by atoms with Crippen LogP contribution in [0.15, 0.2) is 30.3 Å². The normalized spacial score (nSPS) is 26.9. The molecule has 1 aromatic rings. The molecule has 0 aliphatic carbocycles. The standard InChI is InChI=1S/C22H33N3O3/c1-23(2)20(26)12-17-14-25(11-10-16-8-6-5-7-9-16)18-15-28-19(22(17)18)13-21(27)24(3)4/h5-9,17-19,22H,10-15H2,1-4H3/t17-,18-,19+,22-/m1/s1. The third kappa shape index (κ3) is 4.73. The van der Waals surface area contributed by atoms with E-state index in [-0.39, 0.29) is 29.8 Å². The van der Waals surface area contributed by atoms with Crippen LogP contribution < -0.4 is 0 Å². The maximum Gasteiger partial charge on any atom is 0.224 e. The molecule has 0 saturated carbocycles. The lowest BCUT2D eigenvalue weighted by Gasteiger charge is -2.24. The lowest BCUT2D eigenvalue weighted by atomic mass is 9.84. The van der Waals surface area contributed by atoms with E-state index in [9.17, 15) is 9.59 Å². The summed E-state index contributed by atoms with van der Waals surface area (Å²) in [7, 11) is 7.17. The van der Waals surface area contributed by atoms with E-state index in [0.717, 1.165) is 19.5 Å². The highest BCUT2D eigenvalue weighted by Gasteiger charge is 2.51. The molecule has 3 rings (SSSR count). The second kappa shape index (κ2) is 9.05. The minimum absolute atomic E-state index is 0.0890. The Balaban J connectivity index is 1.70. The summed E-state index contributed by atoms with van der Waals surface area (Å²) < 4.78 is 6.08. The van der Waals surface area contributed by atoms with Gasteiger partial charge in [0.2, 0.25) is 11.8 Å². The molecule has 154 valence electrons. The molecular formula is C22H33N3O3. The molecule has 0 bridgehead atoms. The Hall–Kier alpha value is -1.92. The van der Waals surface area contributed by atoms with Crippen molar-refractivity contribution in [2.75, 3.05) is 47.9 Å². The molecule has 2 amide bonds. The molecule has 2 heterocycles. The Morgan fingerprint density at radius 2 is 1.68 bits per heavy atom. The van der Waals surface area contributed by atoms with Gasteiger partial charge in [-0.3, -0.25) is 14.5 Å². The molecule has 4 atom stereocenters. The van der Waals surface area contributed by atoms with Crippen LogP contribution in [0.1, 0.15) is 18.4 Å². The Labute approximate surface area is 168 Å². The van der Waals surface area contributed by atoms with Crippen molar-refractivity contribution in [1.29, 1.82) is 0 Å². The summed E-state index contributed by atoms with van der Waals surface area (Å²) in [6.07, 6.45) is 1.81. The van der Waals surface area contributed by atoms with Gasteiger partial charge in [-0.25, -0.2) is 0 Å². The molecule has 28 heavy (non-hydrogen) atoms. The zero-order valence-electron chi connectivity index (χ0n) is 17.5. The van der Waals surface area contributed by atoms with Crippen LogP contribution >= 0.6 is 0 Å². The van der Waals surface area contributed by atoms with Gasteiger partial charge < -0.3 is 14.5 Å². The van der Waals surface area contributed by atoms with E-state index in [0.29, 0.717) is 25.5 Å². The summed E-state index contributed by atoms with van der Waals surface area (Å²) in [5, 5.41) is 0. The zero-order valence-corrected chi connectivity index (χ0v) is 17.5. The predicted octanol–water partition coefficient (Wildman–Crippen LogP) is 1.50. The van der Waals surface area contributed by atoms with Gasteiger partial charge in [0.1, 0.15) is 0 Å². The summed E-state index contributed by atoms with van der Waals surface area (Å²) >= 11 is 0. The molecule has 0 unspecified atom stereocenters. The first kappa shape index (κ1) is 20.8. The second-order valence-electron chi connectivity index (χ2n) is 8.49. The average Bonchev–Trinajstić information content (AvgIpc) is 3.22. The van der Waals surface area contributed by atoms with Crippen LogP contribution in [-0.4, -0.2) is 86.5 Å². The predicted molar refractivity (Wildman–Crippen MR) is 109 cm³/mol. The first-order chi connectivity index (χ1) is 13.4.